The molecule has 0 spiro atoms. The molecule has 0 radical (unpaired) electrons. The van der Waals surface area contributed by atoms with E-state index in [1.165, 1.54) is 0 Å². The summed E-state index contributed by atoms with van der Waals surface area (Å²) in [5.74, 6) is -0.0233. The number of nitrogens with one attached hydrogen (secondary N) is 1. The van der Waals surface area contributed by atoms with Crippen LogP contribution in [-0.4, -0.2) is 18.7 Å². The molecule has 110 valence electrons. The van der Waals surface area contributed by atoms with E-state index in [0.717, 1.165) is 13.0 Å². The van der Waals surface area contributed by atoms with E-state index in [9.17, 15) is 9.65 Å². The maximum atomic E-state index is 13.7. The van der Waals surface area contributed by atoms with Crippen LogP contribution in [0.3, 0.4) is 0 Å². The van der Waals surface area contributed by atoms with Crippen LogP contribution in [-0.2, 0) is 0 Å². The van der Waals surface area contributed by atoms with Crippen molar-refractivity contribution in [1.82, 2.24) is 5.32 Å². The first-order valence-electron chi connectivity index (χ1n) is 7.06. The van der Waals surface area contributed by atoms with Crippen molar-refractivity contribution in [3.63, 3.8) is 0 Å². The second-order valence-electron chi connectivity index (χ2n) is 5.21. The Kier molecular flexibility index (Phi) is 6.47. The van der Waals surface area contributed by atoms with Gasteiger partial charge in [-0.3, -0.25) is 5.32 Å². The van der Waals surface area contributed by atoms with Gasteiger partial charge in [-0.2, -0.15) is 5.26 Å². The number of nitrogens with zero attached hydrogens (tertiary/aromatic N) is 1. The lowest BCUT2D eigenvalue weighted by Gasteiger charge is -2.23. The molecule has 20 heavy (non-hydrogen) atoms. The molecule has 1 unspecified atom stereocenters. The molecule has 0 saturated carbocycles. The van der Waals surface area contributed by atoms with E-state index < -0.39 is 5.54 Å². The first-order chi connectivity index (χ1) is 9.52. The largest absolute Gasteiger partial charge is 0.491 e. The summed E-state index contributed by atoms with van der Waals surface area (Å²) >= 11 is 0. The Morgan fingerprint density at radius 1 is 1.45 bits per heavy atom. The molecule has 1 N–H and O–H groups in total. The lowest BCUT2D eigenvalue weighted by molar-refractivity contribution is 0.274. The van der Waals surface area contributed by atoms with Crippen LogP contribution in [0.4, 0.5) is 4.39 Å². The second kappa shape index (κ2) is 7.86. The van der Waals surface area contributed by atoms with Crippen molar-refractivity contribution >= 4 is 0 Å². The van der Waals surface area contributed by atoms with Crippen molar-refractivity contribution in [2.24, 2.45) is 0 Å². The first-order valence-corrected chi connectivity index (χ1v) is 7.06. The minimum atomic E-state index is -0.537. The Morgan fingerprint density at radius 2 is 2.20 bits per heavy atom. The summed E-state index contributed by atoms with van der Waals surface area (Å²) < 4.78 is 19.2. The third-order valence-corrected chi connectivity index (χ3v) is 3.25. The number of rotatable bonds is 8. The number of hydrogen-bond acceptors (Lipinski definition) is 3. The molecule has 0 aliphatic carbocycles. The van der Waals surface area contributed by atoms with Crippen molar-refractivity contribution in [3.05, 3.63) is 29.6 Å². The molecule has 4 heteroatoms. The quantitative estimate of drug-likeness (QED) is 0.739. The molecule has 3 nitrogen and oxygen atoms in total. The summed E-state index contributed by atoms with van der Waals surface area (Å²) in [7, 11) is 0. The molecule has 1 aromatic rings. The normalized spacial score (nSPS) is 13.6. The highest BCUT2D eigenvalue weighted by molar-refractivity contribution is 5.30. The highest BCUT2D eigenvalue weighted by atomic mass is 19.1. The molecule has 0 fully saturated rings. The van der Waals surface area contributed by atoms with Crippen molar-refractivity contribution in [3.8, 4) is 11.8 Å². The fraction of sp³-hybridized carbons (Fsp3) is 0.562. The van der Waals surface area contributed by atoms with Gasteiger partial charge in [-0.1, -0.05) is 19.1 Å². The lowest BCUT2D eigenvalue weighted by Crippen LogP contribution is -2.41. The van der Waals surface area contributed by atoms with Crippen LogP contribution in [0.15, 0.2) is 18.2 Å². The Morgan fingerprint density at radius 3 is 2.85 bits per heavy atom. The summed E-state index contributed by atoms with van der Waals surface area (Å²) in [6.07, 6.45) is 2.37. The molecule has 0 aromatic heterocycles. The van der Waals surface area contributed by atoms with E-state index in [-0.39, 0.29) is 11.6 Å². The van der Waals surface area contributed by atoms with Gasteiger partial charge in [0.25, 0.3) is 0 Å². The number of benzene rings is 1. The van der Waals surface area contributed by atoms with Gasteiger partial charge in [0.05, 0.1) is 12.7 Å². The number of nitriles is 1. The van der Waals surface area contributed by atoms with E-state index in [1.807, 2.05) is 6.92 Å². The zero-order valence-corrected chi connectivity index (χ0v) is 12.5. The van der Waals surface area contributed by atoms with Crippen molar-refractivity contribution in [2.45, 2.75) is 45.6 Å². The average Bonchev–Trinajstić information content (AvgIpc) is 2.45. The fourth-order valence-corrected chi connectivity index (χ4v) is 1.92. The van der Waals surface area contributed by atoms with E-state index in [0.29, 0.717) is 25.0 Å². The van der Waals surface area contributed by atoms with Crippen LogP contribution in [0.5, 0.6) is 5.75 Å². The summed E-state index contributed by atoms with van der Waals surface area (Å²) in [4.78, 5) is 0. The first kappa shape index (κ1) is 16.5. The highest BCUT2D eigenvalue weighted by Crippen LogP contribution is 2.20. The maximum absolute atomic E-state index is 13.7. The van der Waals surface area contributed by atoms with Gasteiger partial charge in [-0.25, -0.2) is 4.39 Å². The number of aryl methyl sites for hydroxylation is 1. The molecule has 1 atom stereocenters. The average molecular weight is 278 g/mol. The maximum Gasteiger partial charge on any atom is 0.167 e. The van der Waals surface area contributed by atoms with Crippen molar-refractivity contribution in [1.29, 1.82) is 5.26 Å². The number of hydrogen-bond donors (Lipinski definition) is 1. The summed E-state index contributed by atoms with van der Waals surface area (Å²) in [5.41, 5.74) is 0.0406. The van der Waals surface area contributed by atoms with Crippen LogP contribution in [0.25, 0.3) is 0 Å². The van der Waals surface area contributed by atoms with Crippen molar-refractivity contribution < 1.29 is 9.13 Å². The second-order valence-corrected chi connectivity index (χ2v) is 5.21. The molecule has 1 aromatic carbocycles. The summed E-state index contributed by atoms with van der Waals surface area (Å²) in [5, 5.41) is 12.4. The minimum absolute atomic E-state index is 0.283. The van der Waals surface area contributed by atoms with Crippen LogP contribution >= 0.6 is 0 Å². The third kappa shape index (κ3) is 4.82. The van der Waals surface area contributed by atoms with Gasteiger partial charge in [0.15, 0.2) is 11.6 Å². The molecular weight excluding hydrogens is 255 g/mol. The smallest absolute Gasteiger partial charge is 0.167 e. The molecule has 0 bridgehead atoms. The van der Waals surface area contributed by atoms with Gasteiger partial charge >= 0.3 is 0 Å². The van der Waals surface area contributed by atoms with Gasteiger partial charge in [0, 0.05) is 0 Å². The lowest BCUT2D eigenvalue weighted by atomic mass is 9.98. The molecule has 0 heterocycles. The SMILES string of the molecule is CCCNC(C)(C#N)CCCOc1cccc(C)c1F. The predicted molar refractivity (Wildman–Crippen MR) is 78.2 cm³/mol. The monoisotopic (exact) mass is 278 g/mol. The minimum Gasteiger partial charge on any atom is -0.491 e. The van der Waals surface area contributed by atoms with Crippen LogP contribution in [0, 0.1) is 24.1 Å². The zero-order valence-electron chi connectivity index (χ0n) is 12.5. The van der Waals surface area contributed by atoms with Crippen LogP contribution in [0.1, 0.15) is 38.7 Å². The van der Waals surface area contributed by atoms with Gasteiger partial charge in [-0.15, -0.1) is 0 Å². The fourth-order valence-electron chi connectivity index (χ4n) is 1.92. The third-order valence-electron chi connectivity index (χ3n) is 3.25. The van der Waals surface area contributed by atoms with E-state index in [1.54, 1.807) is 25.1 Å². The topological polar surface area (TPSA) is 45.0 Å². The zero-order chi connectivity index (χ0) is 15.0. The van der Waals surface area contributed by atoms with E-state index >= 15 is 0 Å². The Balaban J connectivity index is 2.41. The molecule has 0 amide bonds. The molecule has 0 aliphatic rings. The van der Waals surface area contributed by atoms with Gasteiger partial charge < -0.3 is 4.74 Å². The molecule has 0 saturated heterocycles. The van der Waals surface area contributed by atoms with Crippen LogP contribution in [0.2, 0.25) is 0 Å². The Hall–Kier alpha value is -1.60. The van der Waals surface area contributed by atoms with E-state index in [4.69, 9.17) is 4.74 Å². The van der Waals surface area contributed by atoms with Gasteiger partial charge in [0.1, 0.15) is 5.54 Å². The predicted octanol–water partition coefficient (Wildman–Crippen LogP) is 3.58. The van der Waals surface area contributed by atoms with Crippen LogP contribution < -0.4 is 10.1 Å². The highest BCUT2D eigenvalue weighted by Gasteiger charge is 2.21. The summed E-state index contributed by atoms with van der Waals surface area (Å²) in [6, 6.07) is 7.40. The molecule has 1 rings (SSSR count). The molecular formula is C16H23FN2O. The van der Waals surface area contributed by atoms with Gasteiger partial charge in [-0.05, 0) is 51.3 Å². The van der Waals surface area contributed by atoms with Gasteiger partial charge in [0.2, 0.25) is 0 Å². The van der Waals surface area contributed by atoms with Crippen molar-refractivity contribution in [2.75, 3.05) is 13.2 Å². The Labute approximate surface area is 120 Å². The molecule has 0 aliphatic heterocycles. The Bertz CT molecular complexity index is 470. The number of ether oxygens (including phenoxy) is 1. The standard InChI is InChI=1S/C16H23FN2O/c1-4-10-19-16(3,12-18)9-6-11-20-14-8-5-7-13(2)15(14)17/h5,7-8,19H,4,6,9-11H2,1-3H3. The summed E-state index contributed by atoms with van der Waals surface area (Å²) in [6.45, 7) is 6.89. The number of halogens is 1. The van der Waals surface area contributed by atoms with E-state index in [2.05, 4.69) is 18.3 Å².